The summed E-state index contributed by atoms with van der Waals surface area (Å²) in [6, 6.07) is 15.0. The molecule has 1 aromatic carbocycles. The van der Waals surface area contributed by atoms with Crippen LogP contribution in [0.5, 0.6) is 0 Å². The molecular weight excluding hydrogens is 1930 g/mol. The number of rotatable bonds is 16. The first-order chi connectivity index (χ1) is 55.9. The molecule has 636 valence electrons. The van der Waals surface area contributed by atoms with Crippen LogP contribution in [0.2, 0.25) is 0 Å². The minimum Gasteiger partial charge on any atom is -0.469 e. The number of aromatic amines is 6. The van der Waals surface area contributed by atoms with Crippen LogP contribution in [0.3, 0.4) is 0 Å². The highest BCUT2D eigenvalue weighted by molar-refractivity contribution is 14.1. The normalized spacial score (nSPS) is 30.8. The van der Waals surface area contributed by atoms with Gasteiger partial charge in [0.15, 0.2) is 48.7 Å². The van der Waals surface area contributed by atoms with Crippen molar-refractivity contribution in [2.45, 2.75) is 141 Å². The van der Waals surface area contributed by atoms with Gasteiger partial charge in [0.05, 0.1) is 24.9 Å². The van der Waals surface area contributed by atoms with E-state index in [4.69, 9.17) is 54.9 Å². The predicted octanol–water partition coefficient (Wildman–Crippen LogP) is -6.58. The number of aliphatic hydroxyl groups excluding tert-OH is 12. The lowest BCUT2D eigenvalue weighted by Crippen LogP contribution is -2.44. The number of aromatic nitrogens is 12. The number of alkyl halides is 3. The molecule has 6 fully saturated rings. The van der Waals surface area contributed by atoms with Gasteiger partial charge in [-0.05, 0) is 28.7 Å². The number of benzene rings is 1. The second-order valence-electron chi connectivity index (χ2n) is 25.4. The average Bonchev–Trinajstić information content (AvgIpc) is 1.61. The van der Waals surface area contributed by atoms with Gasteiger partial charge in [0.2, 0.25) is 12.0 Å². The van der Waals surface area contributed by atoms with Crippen molar-refractivity contribution in [3.8, 4) is 0 Å². The summed E-state index contributed by atoms with van der Waals surface area (Å²) in [6.45, 7) is 3.73. The maximum atomic E-state index is 12.6. The Morgan fingerprint density at radius 3 is 1.12 bits per heavy atom. The molecule has 13 rings (SSSR count). The van der Waals surface area contributed by atoms with Gasteiger partial charge >= 0.3 is 40.1 Å². The summed E-state index contributed by atoms with van der Waals surface area (Å²) in [6.07, 6.45) is -16.2. The van der Waals surface area contributed by atoms with E-state index in [0.717, 1.165) is 82.4 Å². The third kappa shape index (κ3) is 20.5. The van der Waals surface area contributed by atoms with Crippen molar-refractivity contribution in [3.05, 3.63) is 278 Å². The topological polar surface area (TPSA) is 800 Å². The molecule has 23 atom stereocenters. The minimum atomic E-state index is -2.10. The van der Waals surface area contributed by atoms with Crippen LogP contribution in [0.1, 0.15) is 54.6 Å². The van der Waals surface area contributed by atoms with Crippen LogP contribution in [-0.4, -0.2) is 248 Å². The van der Waals surface area contributed by atoms with E-state index in [2.05, 4.69) is 46.6 Å². The lowest BCUT2D eigenvalue weighted by atomic mass is 9.96. The van der Waals surface area contributed by atoms with Gasteiger partial charge in [-0.3, -0.25) is 86.1 Å². The van der Waals surface area contributed by atoms with Crippen molar-refractivity contribution in [2.24, 2.45) is 21.3 Å². The first kappa shape index (κ1) is 93.2. The summed E-state index contributed by atoms with van der Waals surface area (Å²) in [5.74, 6) is -1.18. The molecule has 6 aromatic heterocycles. The number of esters is 1. The molecule has 6 aliphatic heterocycles. The second-order valence-corrected chi connectivity index (χ2v) is 27.8. The number of hydrogen-bond donors (Lipinski definition) is 18. The number of ether oxygens (including phenoxy) is 7. The molecule has 12 heterocycles. The number of hydrogen-bond acceptors (Lipinski definition) is 35. The molecule has 0 aliphatic carbocycles. The predicted molar refractivity (Wildman–Crippen MR) is 417 cm³/mol. The molecule has 7 aromatic rings. The number of nitrogens with zero attached hydrogens (tertiary/aromatic N) is 15. The van der Waals surface area contributed by atoms with Crippen molar-refractivity contribution < 1.29 is 99.2 Å². The molecule has 0 amide bonds. The number of halogens is 3. The van der Waals surface area contributed by atoms with Crippen LogP contribution in [-0.2, 0) is 33.2 Å². The largest absolute Gasteiger partial charge is 0.469 e. The lowest BCUT2D eigenvalue weighted by molar-refractivity contribution is -0.125. The summed E-state index contributed by atoms with van der Waals surface area (Å²) >= 11 is 5.85. The summed E-state index contributed by atoms with van der Waals surface area (Å²) < 4.78 is 44.3. The monoisotopic (exact) mass is 2000 g/mol. The van der Waals surface area contributed by atoms with Gasteiger partial charge in [0, 0.05) is 108 Å². The molecule has 0 spiro atoms. The smallest absolute Gasteiger partial charge is 0.338 e. The van der Waals surface area contributed by atoms with E-state index >= 15 is 0 Å². The van der Waals surface area contributed by atoms with Gasteiger partial charge in [-0.1, -0.05) is 115 Å². The fourth-order valence-electron chi connectivity index (χ4n) is 11.8. The zero-order chi connectivity index (χ0) is 87.2. The Bertz CT molecular complexity index is 5450. The van der Waals surface area contributed by atoms with E-state index in [-0.39, 0.29) is 14.6 Å². The van der Waals surface area contributed by atoms with Gasteiger partial charge in [-0.25, -0.2) is 33.6 Å². The van der Waals surface area contributed by atoms with Gasteiger partial charge in [-0.15, -0.1) is 0 Å². The Morgan fingerprint density at radius 1 is 0.458 bits per heavy atom. The zero-order valence-electron chi connectivity index (χ0n) is 60.0. The van der Waals surface area contributed by atoms with Crippen LogP contribution < -0.4 is 67.5 Å². The maximum absolute atomic E-state index is 12.6. The number of carbonyl (C=O) groups is 1. The summed E-state index contributed by atoms with van der Waals surface area (Å²) in [5.41, 5.74) is 13.2. The minimum absolute atomic E-state index is 0.0180. The van der Waals surface area contributed by atoms with Crippen molar-refractivity contribution >= 4 is 73.7 Å². The van der Waals surface area contributed by atoms with Crippen LogP contribution >= 0.6 is 67.8 Å². The fraction of sp³-hybridized carbons (Fsp3) is 0.468. The van der Waals surface area contributed by atoms with Crippen LogP contribution in [0.15, 0.2) is 189 Å². The molecule has 0 unspecified atom stereocenters. The molecule has 6 aliphatic rings. The van der Waals surface area contributed by atoms with E-state index in [1.807, 2.05) is 87.7 Å². The Balaban J connectivity index is 0.000000178. The standard InChI is InChI=1S/C17H16IN5O5.C9H10IN5O5.C9H11IN2O5.C9H11N5O6.C9H12N2O6.C9H10N2O5/c1-10-13(27-15(25)11-5-3-2-4-6-11)14(28-17(10,9-18)21-22-19)23-8-7-12(24)20-16(23)26;10-3-9(13-14-11)6(18)5(17)7(20-9)15-2-1-4(16)12-8(15)19;10-3-4-6(14)7(15)8(17-4)12-2-1-5(13)11-9(12)16;10-13-12-9(3-15)6(18)5(17)7(20-9)14-2-1-4(16)11-8(14)19;12-3-4-6(14)7(15)8(17-4)11-2-1-5(13)10-9(11)16;1-4-6(13)7(14)8(16-4)11-3-2-5(12)10-9(11)15/h2-8,10,13-14H,9H2,1H3,(H,20,24,26);1-2,5-7,17-18H,3H2,(H,12,16,19);1-2,4,6-8,14-15H,3H2,(H,11,13,16);1-2,5-7,15,17-18H,3H2,(H,11,16,19);1-2,4,6-8,12,14-15H,3H2,(H,10,13,16);2-3,6-8,13-14H,1H2,(H,10,12,15)/t10-,13+,14+,17+;5-,6+,7-,9-;4-,6-,7-,8-;5-,6+,7-,9-;4-,6-,7-,8-;6-,7-,8-/m011111/s1. The molecule has 0 bridgehead atoms. The number of azide groups is 3. The summed E-state index contributed by atoms with van der Waals surface area (Å²) in [4.78, 5) is 168. The first-order valence-corrected chi connectivity index (χ1v) is 38.2. The Kier molecular flexibility index (Phi) is 32.0. The van der Waals surface area contributed by atoms with Crippen LogP contribution in [0, 0.1) is 5.92 Å². The Hall–Kier alpha value is -10.2. The molecule has 6 saturated heterocycles. The van der Waals surface area contributed by atoms with Gasteiger partial charge in [0.25, 0.3) is 33.4 Å². The molecule has 118 heavy (non-hydrogen) atoms. The van der Waals surface area contributed by atoms with Crippen molar-refractivity contribution in [1.29, 1.82) is 0 Å². The molecule has 0 saturated carbocycles. The number of nitrogens with one attached hydrogen (secondary N) is 6. The highest BCUT2D eigenvalue weighted by Gasteiger charge is 2.58. The summed E-state index contributed by atoms with van der Waals surface area (Å²) in [5, 5.41) is 126. The van der Waals surface area contributed by atoms with Crippen LogP contribution in [0.4, 0.5) is 0 Å². The van der Waals surface area contributed by atoms with E-state index < -0.39 is 226 Å². The lowest BCUT2D eigenvalue weighted by Gasteiger charge is -2.25. The molecule has 53 nitrogen and oxygen atoms in total. The zero-order valence-corrected chi connectivity index (χ0v) is 66.5. The maximum Gasteiger partial charge on any atom is 0.338 e. The van der Waals surface area contributed by atoms with Gasteiger partial charge < -0.3 is 94.4 Å². The third-order valence-corrected chi connectivity index (χ3v) is 21.1. The molecular formula is C62H70I3N21O32. The first-order valence-electron chi connectivity index (χ1n) is 33.6. The number of carbonyl (C=O) groups excluding carboxylic acids is 1. The molecule has 18 N–H and O–H groups in total. The number of H-pyrrole nitrogens is 6. The summed E-state index contributed by atoms with van der Waals surface area (Å²) in [7, 11) is 0. The third-order valence-electron chi connectivity index (χ3n) is 18.1. The van der Waals surface area contributed by atoms with E-state index in [1.54, 1.807) is 37.3 Å². The highest BCUT2D eigenvalue weighted by atomic mass is 127. The fourth-order valence-corrected chi connectivity index (χ4v) is 14.4. The average molecular weight is 2000 g/mol. The van der Waals surface area contributed by atoms with Crippen molar-refractivity contribution in [3.63, 3.8) is 0 Å². The van der Waals surface area contributed by atoms with Gasteiger partial charge in [-0.2, -0.15) is 0 Å². The van der Waals surface area contributed by atoms with E-state index in [1.165, 1.54) is 18.6 Å². The van der Waals surface area contributed by atoms with Crippen molar-refractivity contribution in [2.75, 3.05) is 26.5 Å². The number of aliphatic hydroxyl groups is 12. The van der Waals surface area contributed by atoms with Crippen molar-refractivity contribution in [1.82, 2.24) is 57.3 Å². The second kappa shape index (κ2) is 40.5. The molecule has 0 radical (unpaired) electrons. The van der Waals surface area contributed by atoms with E-state index in [9.17, 15) is 119 Å². The highest BCUT2D eigenvalue weighted by Crippen LogP contribution is 2.46. The van der Waals surface area contributed by atoms with Crippen LogP contribution in [0.25, 0.3) is 31.3 Å². The Morgan fingerprint density at radius 2 is 0.788 bits per heavy atom. The van der Waals surface area contributed by atoms with E-state index in [0.29, 0.717) is 9.99 Å². The quantitative estimate of drug-likeness (QED) is 0.0107. The SMILES string of the molecule is C=C1O[C@@H](n2ccc(=O)[nH]c2=O)[C@H](O)[C@@H]1O.C[C@H]1[C@@H](OC(=O)c2ccccc2)[C@H](n2ccc(=O)[nH]c2=O)O[C@@]1(CI)N=[N+]=[N-].O=c1ccn([C@@H]2O[C@H](CI)[C@@H](O)[C@H]2O)c(=O)[nH]1.O=c1ccn([C@@H]2O[C@H](CO)[C@@H](O)[C@H]2O)c(=O)[nH]1.[N-]=[N+]=N[C@]1(CI)O[C@@H](n2ccc(=O)[nH]c2=O)[C@H](O)[C@@H]1O.[N-]=[N+]=N[C@]1(CO)O[C@@H](n2ccc(=O)[nH]c2=O)[C@H](O)[C@@H]1O. The Labute approximate surface area is 692 Å². The molecule has 56 heteroatoms. The van der Waals surface area contributed by atoms with Gasteiger partial charge in [0.1, 0.15) is 72.9 Å².